The lowest BCUT2D eigenvalue weighted by Gasteiger charge is -2.09. The summed E-state index contributed by atoms with van der Waals surface area (Å²) in [6, 6.07) is 9.43. The monoisotopic (exact) mass is 259 g/mol. The van der Waals surface area contributed by atoms with E-state index in [1.165, 1.54) is 0 Å². The summed E-state index contributed by atoms with van der Waals surface area (Å²) >= 11 is 0. The molecule has 1 aromatic heterocycles. The molecule has 1 heterocycles. The summed E-state index contributed by atoms with van der Waals surface area (Å²) in [4.78, 5) is 11.9. The number of furan rings is 1. The van der Waals surface area contributed by atoms with Crippen LogP contribution >= 0.6 is 0 Å². The quantitative estimate of drug-likeness (QED) is 0.897. The van der Waals surface area contributed by atoms with Crippen molar-refractivity contribution < 1.29 is 13.9 Å². The molecule has 1 amide bonds. The number of aryl methyl sites for hydroxylation is 1. The fourth-order valence-corrected chi connectivity index (χ4v) is 1.88. The molecule has 19 heavy (non-hydrogen) atoms. The van der Waals surface area contributed by atoms with Gasteiger partial charge in [0.05, 0.1) is 26.3 Å². The van der Waals surface area contributed by atoms with Gasteiger partial charge in [0.25, 0.3) is 0 Å². The van der Waals surface area contributed by atoms with Crippen molar-refractivity contribution in [1.29, 1.82) is 0 Å². The maximum atomic E-state index is 11.9. The van der Waals surface area contributed by atoms with Gasteiger partial charge in [0.2, 0.25) is 5.91 Å². The summed E-state index contributed by atoms with van der Waals surface area (Å²) in [5.41, 5.74) is 1.99. The summed E-state index contributed by atoms with van der Waals surface area (Å²) < 4.78 is 10.4. The van der Waals surface area contributed by atoms with E-state index in [0.717, 1.165) is 22.6 Å². The Kier molecular flexibility index (Phi) is 4.23. The van der Waals surface area contributed by atoms with E-state index in [1.54, 1.807) is 19.4 Å². The number of hydrogen-bond acceptors (Lipinski definition) is 3. The third kappa shape index (κ3) is 3.61. The Morgan fingerprint density at radius 2 is 2.21 bits per heavy atom. The molecule has 0 saturated carbocycles. The molecule has 0 spiro atoms. The number of nitrogens with one attached hydrogen (secondary N) is 1. The second-order valence-corrected chi connectivity index (χ2v) is 4.35. The van der Waals surface area contributed by atoms with Gasteiger partial charge in [0.1, 0.15) is 11.5 Å². The molecule has 0 fully saturated rings. The van der Waals surface area contributed by atoms with Gasteiger partial charge in [0, 0.05) is 5.56 Å². The Morgan fingerprint density at radius 3 is 2.89 bits per heavy atom. The maximum absolute atomic E-state index is 11.9. The van der Waals surface area contributed by atoms with Crippen LogP contribution in [0.25, 0.3) is 0 Å². The van der Waals surface area contributed by atoms with Crippen LogP contribution in [-0.2, 0) is 17.8 Å². The molecule has 1 aromatic carbocycles. The van der Waals surface area contributed by atoms with E-state index in [9.17, 15) is 4.79 Å². The van der Waals surface area contributed by atoms with Crippen LogP contribution in [0.3, 0.4) is 0 Å². The van der Waals surface area contributed by atoms with Crippen LogP contribution in [0, 0.1) is 6.92 Å². The standard InChI is InChI=1S/C15H17NO3/c1-11-5-6-14(18-2)12(8-11)9-15(17)16-10-13-4-3-7-19-13/h3-8H,9-10H2,1-2H3,(H,16,17). The van der Waals surface area contributed by atoms with E-state index in [4.69, 9.17) is 9.15 Å². The molecule has 4 nitrogen and oxygen atoms in total. The van der Waals surface area contributed by atoms with Gasteiger partial charge in [0.15, 0.2) is 0 Å². The highest BCUT2D eigenvalue weighted by atomic mass is 16.5. The first-order valence-electron chi connectivity index (χ1n) is 6.11. The molecular weight excluding hydrogens is 242 g/mol. The van der Waals surface area contributed by atoms with Crippen LogP contribution in [0.2, 0.25) is 0 Å². The van der Waals surface area contributed by atoms with Crippen LogP contribution in [0.1, 0.15) is 16.9 Å². The van der Waals surface area contributed by atoms with E-state index in [-0.39, 0.29) is 5.91 Å². The minimum absolute atomic E-state index is 0.0553. The zero-order valence-electron chi connectivity index (χ0n) is 11.1. The summed E-state index contributed by atoms with van der Waals surface area (Å²) in [6.07, 6.45) is 1.89. The van der Waals surface area contributed by atoms with E-state index >= 15 is 0 Å². The van der Waals surface area contributed by atoms with Gasteiger partial charge in [-0.2, -0.15) is 0 Å². The maximum Gasteiger partial charge on any atom is 0.224 e. The molecule has 0 aliphatic heterocycles. The van der Waals surface area contributed by atoms with Crippen molar-refractivity contribution in [3.8, 4) is 5.75 Å². The SMILES string of the molecule is COc1ccc(C)cc1CC(=O)NCc1ccco1. The van der Waals surface area contributed by atoms with Gasteiger partial charge in [-0.25, -0.2) is 0 Å². The number of hydrogen-bond donors (Lipinski definition) is 1. The molecule has 2 rings (SSSR count). The molecule has 0 radical (unpaired) electrons. The Morgan fingerprint density at radius 1 is 1.37 bits per heavy atom. The van der Waals surface area contributed by atoms with Crippen molar-refractivity contribution >= 4 is 5.91 Å². The van der Waals surface area contributed by atoms with Crippen molar-refractivity contribution in [2.45, 2.75) is 19.9 Å². The molecule has 0 bridgehead atoms. The predicted octanol–water partition coefficient (Wildman–Crippen LogP) is 2.46. The topological polar surface area (TPSA) is 51.5 Å². The van der Waals surface area contributed by atoms with Gasteiger partial charge in [-0.05, 0) is 25.1 Å². The zero-order chi connectivity index (χ0) is 13.7. The fraction of sp³-hybridized carbons (Fsp3) is 0.267. The highest BCUT2D eigenvalue weighted by Gasteiger charge is 2.09. The van der Waals surface area contributed by atoms with Gasteiger partial charge >= 0.3 is 0 Å². The second kappa shape index (κ2) is 6.09. The van der Waals surface area contributed by atoms with E-state index < -0.39 is 0 Å². The van der Waals surface area contributed by atoms with Crippen molar-refractivity contribution in [1.82, 2.24) is 5.32 Å². The number of ether oxygens (including phenoxy) is 1. The summed E-state index contributed by atoms with van der Waals surface area (Å²) in [7, 11) is 1.61. The number of benzene rings is 1. The van der Waals surface area contributed by atoms with E-state index in [0.29, 0.717) is 13.0 Å². The largest absolute Gasteiger partial charge is 0.496 e. The molecule has 1 N–H and O–H groups in total. The molecule has 0 unspecified atom stereocenters. The lowest BCUT2D eigenvalue weighted by molar-refractivity contribution is -0.120. The normalized spacial score (nSPS) is 10.2. The van der Waals surface area contributed by atoms with Gasteiger partial charge in [-0.3, -0.25) is 4.79 Å². The first-order chi connectivity index (χ1) is 9.19. The van der Waals surface area contributed by atoms with Crippen LogP contribution in [0.4, 0.5) is 0 Å². The first kappa shape index (κ1) is 13.2. The Bertz CT molecular complexity index is 547. The number of methoxy groups -OCH3 is 1. The molecule has 2 aromatic rings. The van der Waals surface area contributed by atoms with Gasteiger partial charge in [-0.1, -0.05) is 17.7 Å². The molecule has 4 heteroatoms. The van der Waals surface area contributed by atoms with Crippen molar-refractivity contribution in [3.63, 3.8) is 0 Å². The number of rotatable bonds is 5. The van der Waals surface area contributed by atoms with Crippen molar-refractivity contribution in [2.75, 3.05) is 7.11 Å². The smallest absolute Gasteiger partial charge is 0.224 e. The van der Waals surface area contributed by atoms with Gasteiger partial charge in [-0.15, -0.1) is 0 Å². The Labute approximate surface area is 112 Å². The van der Waals surface area contributed by atoms with Crippen LogP contribution in [-0.4, -0.2) is 13.0 Å². The highest BCUT2D eigenvalue weighted by Crippen LogP contribution is 2.20. The lowest BCUT2D eigenvalue weighted by Crippen LogP contribution is -2.24. The number of amides is 1. The minimum atomic E-state index is -0.0553. The van der Waals surface area contributed by atoms with E-state index in [2.05, 4.69) is 5.32 Å². The molecule has 0 saturated heterocycles. The third-order valence-electron chi connectivity index (χ3n) is 2.83. The summed E-state index contributed by atoms with van der Waals surface area (Å²) in [5.74, 6) is 1.42. The molecular formula is C15H17NO3. The fourth-order valence-electron chi connectivity index (χ4n) is 1.88. The van der Waals surface area contributed by atoms with Crippen molar-refractivity contribution in [3.05, 3.63) is 53.5 Å². The zero-order valence-corrected chi connectivity index (χ0v) is 11.1. The average Bonchev–Trinajstić information content (AvgIpc) is 2.90. The summed E-state index contributed by atoms with van der Waals surface area (Å²) in [6.45, 7) is 2.39. The lowest BCUT2D eigenvalue weighted by atomic mass is 10.1. The Hall–Kier alpha value is -2.23. The number of carbonyl (C=O) groups is 1. The van der Waals surface area contributed by atoms with E-state index in [1.807, 2.05) is 31.2 Å². The van der Waals surface area contributed by atoms with Crippen LogP contribution < -0.4 is 10.1 Å². The third-order valence-corrected chi connectivity index (χ3v) is 2.83. The average molecular weight is 259 g/mol. The predicted molar refractivity (Wildman–Crippen MR) is 72.0 cm³/mol. The van der Waals surface area contributed by atoms with Crippen molar-refractivity contribution in [2.24, 2.45) is 0 Å². The molecule has 100 valence electrons. The van der Waals surface area contributed by atoms with Crippen LogP contribution in [0.15, 0.2) is 41.0 Å². The molecule has 0 aliphatic rings. The second-order valence-electron chi connectivity index (χ2n) is 4.35. The highest BCUT2D eigenvalue weighted by molar-refractivity contribution is 5.79. The number of carbonyl (C=O) groups excluding carboxylic acids is 1. The van der Waals surface area contributed by atoms with Crippen LogP contribution in [0.5, 0.6) is 5.75 Å². The summed E-state index contributed by atoms with van der Waals surface area (Å²) in [5, 5.41) is 2.82. The molecule has 0 atom stereocenters. The van der Waals surface area contributed by atoms with Gasteiger partial charge < -0.3 is 14.5 Å². The molecule has 0 aliphatic carbocycles. The minimum Gasteiger partial charge on any atom is -0.496 e. The Balaban J connectivity index is 1.96. The first-order valence-corrected chi connectivity index (χ1v) is 6.11.